The minimum Gasteiger partial charge on any atom is -0.478 e. The van der Waals surface area contributed by atoms with Crippen LogP contribution in [-0.4, -0.2) is 39.5 Å². The van der Waals surface area contributed by atoms with Gasteiger partial charge in [-0.05, 0) is 0 Å². The number of carboxylic acid groups (broad SMARTS) is 1. The first-order chi connectivity index (χ1) is 5.52. The largest absolute Gasteiger partial charge is 0.478 e. The molecule has 0 fully saturated rings. The molecule has 1 rings (SSSR count). The van der Waals surface area contributed by atoms with Gasteiger partial charge in [-0.2, -0.15) is 0 Å². The summed E-state index contributed by atoms with van der Waals surface area (Å²) >= 11 is 0. The number of aliphatic hydroxyl groups is 2. The van der Waals surface area contributed by atoms with E-state index in [0.717, 1.165) is 0 Å². The van der Waals surface area contributed by atoms with Crippen LogP contribution in [0.25, 0.3) is 0 Å². The first-order valence-corrected chi connectivity index (χ1v) is 3.58. The Morgan fingerprint density at radius 1 is 1.58 bits per heavy atom. The van der Waals surface area contributed by atoms with E-state index >= 15 is 0 Å². The summed E-state index contributed by atoms with van der Waals surface area (Å²) < 4.78 is 0. The van der Waals surface area contributed by atoms with E-state index in [4.69, 9.17) is 21.1 Å². The molecular formula is C7H11NO4. The third kappa shape index (κ3) is 1.63. The zero-order chi connectivity index (χ0) is 9.30. The van der Waals surface area contributed by atoms with Crippen LogP contribution in [0.4, 0.5) is 0 Å². The highest BCUT2D eigenvalue weighted by molar-refractivity contribution is 5.87. The monoisotopic (exact) mass is 173 g/mol. The van der Waals surface area contributed by atoms with Gasteiger partial charge >= 0.3 is 5.97 Å². The maximum Gasteiger partial charge on any atom is 0.331 e. The van der Waals surface area contributed by atoms with Crippen molar-refractivity contribution in [2.45, 2.75) is 24.7 Å². The van der Waals surface area contributed by atoms with Gasteiger partial charge in [0, 0.05) is 12.0 Å². The maximum atomic E-state index is 10.4. The van der Waals surface area contributed by atoms with Crippen LogP contribution in [-0.2, 0) is 4.79 Å². The Morgan fingerprint density at radius 2 is 2.17 bits per heavy atom. The van der Waals surface area contributed by atoms with Crippen LogP contribution in [0.2, 0.25) is 0 Å². The van der Waals surface area contributed by atoms with Gasteiger partial charge in [0.2, 0.25) is 0 Å². The molecule has 5 N–H and O–H groups in total. The molecule has 0 amide bonds. The van der Waals surface area contributed by atoms with E-state index in [1.807, 2.05) is 0 Å². The fourth-order valence-corrected chi connectivity index (χ4v) is 1.16. The van der Waals surface area contributed by atoms with Crippen LogP contribution < -0.4 is 5.73 Å². The zero-order valence-electron chi connectivity index (χ0n) is 6.34. The summed E-state index contributed by atoms with van der Waals surface area (Å²) in [6, 6.07) is -0.792. The second kappa shape index (κ2) is 3.22. The molecule has 3 atom stereocenters. The minimum absolute atomic E-state index is 0.0514. The first kappa shape index (κ1) is 9.18. The Morgan fingerprint density at radius 3 is 2.58 bits per heavy atom. The fourth-order valence-electron chi connectivity index (χ4n) is 1.16. The molecule has 0 heterocycles. The predicted molar refractivity (Wildman–Crippen MR) is 40.3 cm³/mol. The molecule has 0 radical (unpaired) electrons. The van der Waals surface area contributed by atoms with Crippen molar-refractivity contribution in [3.63, 3.8) is 0 Å². The van der Waals surface area contributed by atoms with Crippen molar-refractivity contribution in [1.29, 1.82) is 0 Å². The van der Waals surface area contributed by atoms with Gasteiger partial charge in [0.1, 0.15) is 0 Å². The van der Waals surface area contributed by atoms with Gasteiger partial charge in [-0.25, -0.2) is 4.79 Å². The molecule has 0 aromatic heterocycles. The number of aliphatic carboxylic acids is 1. The highest BCUT2D eigenvalue weighted by Crippen LogP contribution is 2.18. The molecular weight excluding hydrogens is 162 g/mol. The van der Waals surface area contributed by atoms with Crippen LogP contribution in [0, 0.1) is 0 Å². The Hall–Kier alpha value is -0.910. The molecule has 1 aliphatic carbocycles. The Bertz CT molecular complexity index is 225. The molecule has 68 valence electrons. The third-order valence-electron chi connectivity index (χ3n) is 1.89. The van der Waals surface area contributed by atoms with Crippen molar-refractivity contribution >= 4 is 5.97 Å². The number of carboxylic acids is 1. The molecule has 5 nitrogen and oxygen atoms in total. The maximum absolute atomic E-state index is 10.4. The topological polar surface area (TPSA) is 104 Å². The number of hydrogen-bond donors (Lipinski definition) is 4. The number of hydrogen-bond acceptors (Lipinski definition) is 4. The van der Waals surface area contributed by atoms with Gasteiger partial charge in [0.05, 0.1) is 18.2 Å². The molecule has 0 aliphatic heterocycles. The summed E-state index contributed by atoms with van der Waals surface area (Å²) in [4.78, 5) is 10.4. The quantitative estimate of drug-likeness (QED) is 0.384. The standard InChI is InChI=1S/C7H11NO4/c8-4-1-3(7(11)12)2-5(9)6(4)10/h1,4-6,9-10H,2,8H2,(H,11,12)/t4-,5+,6+/m0/s1. The van der Waals surface area contributed by atoms with Gasteiger partial charge in [-0.1, -0.05) is 6.08 Å². The molecule has 0 saturated heterocycles. The van der Waals surface area contributed by atoms with E-state index in [1.54, 1.807) is 0 Å². The average Bonchev–Trinajstić information content (AvgIpc) is 1.99. The lowest BCUT2D eigenvalue weighted by molar-refractivity contribution is -0.133. The molecule has 0 bridgehead atoms. The van der Waals surface area contributed by atoms with Crippen LogP contribution >= 0.6 is 0 Å². The van der Waals surface area contributed by atoms with E-state index in [9.17, 15) is 4.79 Å². The average molecular weight is 173 g/mol. The lowest BCUT2D eigenvalue weighted by Gasteiger charge is -2.26. The number of carbonyl (C=O) groups is 1. The van der Waals surface area contributed by atoms with Crippen molar-refractivity contribution in [3.8, 4) is 0 Å². The van der Waals surface area contributed by atoms with E-state index in [2.05, 4.69) is 0 Å². The van der Waals surface area contributed by atoms with Gasteiger partial charge < -0.3 is 21.1 Å². The van der Waals surface area contributed by atoms with Gasteiger partial charge in [-0.15, -0.1) is 0 Å². The predicted octanol–water partition coefficient (Wildman–Crippen LogP) is -1.55. The van der Waals surface area contributed by atoms with Crippen molar-refractivity contribution in [1.82, 2.24) is 0 Å². The lowest BCUT2D eigenvalue weighted by atomic mass is 9.91. The van der Waals surface area contributed by atoms with Crippen LogP contribution in [0.5, 0.6) is 0 Å². The minimum atomic E-state index is -1.10. The molecule has 0 saturated carbocycles. The normalized spacial score (nSPS) is 35.9. The van der Waals surface area contributed by atoms with Crippen molar-refractivity contribution < 1.29 is 20.1 Å². The van der Waals surface area contributed by atoms with E-state index in [-0.39, 0.29) is 12.0 Å². The van der Waals surface area contributed by atoms with Gasteiger partial charge in [0.15, 0.2) is 0 Å². The number of nitrogens with two attached hydrogens (primary N) is 1. The number of rotatable bonds is 1. The van der Waals surface area contributed by atoms with E-state index in [1.165, 1.54) is 6.08 Å². The number of aliphatic hydroxyl groups excluding tert-OH is 2. The summed E-state index contributed by atoms with van der Waals surface area (Å²) in [5.41, 5.74) is 5.40. The third-order valence-corrected chi connectivity index (χ3v) is 1.89. The van der Waals surface area contributed by atoms with E-state index < -0.39 is 24.2 Å². The van der Waals surface area contributed by atoms with Gasteiger partial charge in [0.25, 0.3) is 0 Å². The zero-order valence-corrected chi connectivity index (χ0v) is 6.34. The summed E-state index contributed by atoms with van der Waals surface area (Å²) in [7, 11) is 0. The highest BCUT2D eigenvalue weighted by atomic mass is 16.4. The highest BCUT2D eigenvalue weighted by Gasteiger charge is 2.30. The summed E-state index contributed by atoms with van der Waals surface area (Å²) in [5.74, 6) is -1.10. The van der Waals surface area contributed by atoms with E-state index in [0.29, 0.717) is 0 Å². The molecule has 12 heavy (non-hydrogen) atoms. The van der Waals surface area contributed by atoms with Crippen molar-refractivity contribution in [3.05, 3.63) is 11.6 Å². The van der Waals surface area contributed by atoms with Crippen LogP contribution in [0.15, 0.2) is 11.6 Å². The fraction of sp³-hybridized carbons (Fsp3) is 0.571. The SMILES string of the molecule is N[C@H]1C=C(C(=O)O)C[C@@H](O)[C@@H]1O. The second-order valence-corrected chi connectivity index (χ2v) is 2.84. The first-order valence-electron chi connectivity index (χ1n) is 3.58. The second-order valence-electron chi connectivity index (χ2n) is 2.84. The van der Waals surface area contributed by atoms with Crippen LogP contribution in [0.3, 0.4) is 0 Å². The smallest absolute Gasteiger partial charge is 0.331 e. The Balaban J connectivity index is 2.81. The summed E-state index contributed by atoms with van der Waals surface area (Å²) in [6.07, 6.45) is -0.923. The molecule has 5 heteroatoms. The molecule has 0 unspecified atom stereocenters. The molecule has 0 aromatic carbocycles. The summed E-state index contributed by atoms with van der Waals surface area (Å²) in [6.45, 7) is 0. The van der Waals surface area contributed by atoms with Crippen molar-refractivity contribution in [2.24, 2.45) is 5.73 Å². The Labute approximate surface area is 69.1 Å². The molecule has 0 aromatic rings. The Kier molecular flexibility index (Phi) is 2.46. The van der Waals surface area contributed by atoms with Crippen LogP contribution in [0.1, 0.15) is 6.42 Å². The van der Waals surface area contributed by atoms with Gasteiger partial charge in [-0.3, -0.25) is 0 Å². The molecule has 0 spiro atoms. The van der Waals surface area contributed by atoms with Crippen molar-refractivity contribution in [2.75, 3.05) is 0 Å². The lowest BCUT2D eigenvalue weighted by Crippen LogP contribution is -2.45. The molecule has 1 aliphatic rings. The summed E-state index contributed by atoms with van der Waals surface area (Å²) in [5, 5.41) is 26.8.